The SMILES string of the molecule is CC.COc1ccccc1C1C=C(OSI)CCC1. The Balaban J connectivity index is 0.000000861. The molecule has 0 N–H and O–H groups in total. The lowest BCUT2D eigenvalue weighted by molar-refractivity contribution is 0.399. The van der Waals surface area contributed by atoms with E-state index in [2.05, 4.69) is 39.4 Å². The van der Waals surface area contributed by atoms with E-state index < -0.39 is 0 Å². The second-order valence-electron chi connectivity index (χ2n) is 4.02. The molecule has 1 aromatic carbocycles. The molecular formula is C15H21IO2S. The van der Waals surface area contributed by atoms with Crippen molar-refractivity contribution in [2.75, 3.05) is 7.11 Å². The Morgan fingerprint density at radius 1 is 1.26 bits per heavy atom. The molecule has 0 saturated carbocycles. The zero-order valence-electron chi connectivity index (χ0n) is 11.7. The lowest BCUT2D eigenvalue weighted by Crippen LogP contribution is -2.05. The van der Waals surface area contributed by atoms with E-state index in [1.54, 1.807) is 7.11 Å². The number of hydrogen-bond acceptors (Lipinski definition) is 3. The third kappa shape index (κ3) is 4.91. The third-order valence-corrected chi connectivity index (χ3v) is 3.82. The molecule has 19 heavy (non-hydrogen) atoms. The molecule has 2 rings (SSSR count). The van der Waals surface area contributed by atoms with E-state index in [1.165, 1.54) is 27.6 Å². The number of rotatable bonds is 4. The molecular weight excluding hydrogens is 371 g/mol. The quantitative estimate of drug-likeness (QED) is 0.470. The van der Waals surface area contributed by atoms with Crippen LogP contribution in [0, 0.1) is 0 Å². The van der Waals surface area contributed by atoms with E-state index in [0.717, 1.165) is 17.9 Å². The van der Waals surface area contributed by atoms with Crippen LogP contribution < -0.4 is 4.74 Å². The summed E-state index contributed by atoms with van der Waals surface area (Å²) in [6.07, 6.45) is 5.61. The van der Waals surface area contributed by atoms with Crippen molar-refractivity contribution < 1.29 is 8.92 Å². The summed E-state index contributed by atoms with van der Waals surface area (Å²) in [5, 5.41) is 0. The monoisotopic (exact) mass is 392 g/mol. The van der Waals surface area contributed by atoms with Gasteiger partial charge in [0.05, 0.1) is 7.11 Å². The van der Waals surface area contributed by atoms with Gasteiger partial charge in [0.15, 0.2) is 0 Å². The van der Waals surface area contributed by atoms with Crippen molar-refractivity contribution in [2.45, 2.75) is 39.0 Å². The minimum atomic E-state index is 0.415. The van der Waals surface area contributed by atoms with Crippen molar-refractivity contribution in [1.82, 2.24) is 0 Å². The van der Waals surface area contributed by atoms with Crippen LogP contribution in [-0.2, 0) is 4.18 Å². The average Bonchev–Trinajstić information content (AvgIpc) is 2.50. The molecule has 1 unspecified atom stereocenters. The molecule has 2 nitrogen and oxygen atoms in total. The zero-order chi connectivity index (χ0) is 14.1. The highest BCUT2D eigenvalue weighted by molar-refractivity contribution is 14.2. The van der Waals surface area contributed by atoms with Gasteiger partial charge in [-0.15, -0.1) is 0 Å². The van der Waals surface area contributed by atoms with Gasteiger partial charge in [-0.05, 0) is 25.0 Å². The molecule has 1 atom stereocenters. The van der Waals surface area contributed by atoms with Gasteiger partial charge >= 0.3 is 0 Å². The number of para-hydroxylation sites is 1. The van der Waals surface area contributed by atoms with E-state index in [-0.39, 0.29) is 0 Å². The first kappa shape index (κ1) is 16.7. The van der Waals surface area contributed by atoms with E-state index in [0.29, 0.717) is 5.92 Å². The van der Waals surface area contributed by atoms with Crippen molar-refractivity contribution in [1.29, 1.82) is 0 Å². The largest absolute Gasteiger partial charge is 0.496 e. The average molecular weight is 392 g/mol. The van der Waals surface area contributed by atoms with Crippen molar-refractivity contribution in [3.63, 3.8) is 0 Å². The van der Waals surface area contributed by atoms with E-state index in [1.807, 2.05) is 26.0 Å². The third-order valence-electron chi connectivity index (χ3n) is 3.00. The normalized spacial score (nSPS) is 17.9. The van der Waals surface area contributed by atoms with Crippen LogP contribution in [-0.4, -0.2) is 7.11 Å². The highest BCUT2D eigenvalue weighted by atomic mass is 127. The van der Waals surface area contributed by atoms with Gasteiger partial charge in [0.2, 0.25) is 0 Å². The van der Waals surface area contributed by atoms with Crippen LogP contribution in [0.3, 0.4) is 0 Å². The van der Waals surface area contributed by atoms with Crippen molar-refractivity contribution in [3.8, 4) is 5.75 Å². The van der Waals surface area contributed by atoms with Crippen molar-refractivity contribution >= 4 is 30.4 Å². The van der Waals surface area contributed by atoms with Crippen molar-refractivity contribution in [2.24, 2.45) is 0 Å². The molecule has 0 aliphatic heterocycles. The molecule has 106 valence electrons. The fraction of sp³-hybridized carbons (Fsp3) is 0.467. The Labute approximate surface area is 132 Å². The Morgan fingerprint density at radius 3 is 2.68 bits per heavy atom. The van der Waals surface area contributed by atoms with Crippen LogP contribution in [0.15, 0.2) is 36.1 Å². The molecule has 0 aromatic heterocycles. The molecule has 0 spiro atoms. The van der Waals surface area contributed by atoms with Gasteiger partial charge in [-0.3, -0.25) is 0 Å². The Morgan fingerprint density at radius 2 is 2.00 bits per heavy atom. The summed E-state index contributed by atoms with van der Waals surface area (Å²) >= 11 is 2.15. The van der Waals surface area contributed by atoms with Crippen molar-refractivity contribution in [3.05, 3.63) is 41.7 Å². The smallest absolute Gasteiger partial charge is 0.127 e. The predicted molar refractivity (Wildman–Crippen MR) is 91.7 cm³/mol. The minimum Gasteiger partial charge on any atom is -0.496 e. The maximum Gasteiger partial charge on any atom is 0.127 e. The number of halogens is 1. The number of allylic oxidation sites excluding steroid dienone is 2. The molecule has 0 saturated heterocycles. The van der Waals surface area contributed by atoms with Crippen LogP contribution in [0.25, 0.3) is 0 Å². The first-order chi connectivity index (χ1) is 9.35. The van der Waals surface area contributed by atoms with Crippen LogP contribution in [0.5, 0.6) is 5.75 Å². The van der Waals surface area contributed by atoms with E-state index in [9.17, 15) is 0 Å². The predicted octanol–water partition coefficient (Wildman–Crippen LogP) is 5.89. The van der Waals surface area contributed by atoms with Crippen LogP contribution >= 0.6 is 30.4 Å². The number of ether oxygens (including phenoxy) is 1. The van der Waals surface area contributed by atoms with Gasteiger partial charge in [-0.1, -0.05) is 32.0 Å². The Hall–Kier alpha value is -0.360. The Bertz CT molecular complexity index is 407. The summed E-state index contributed by atoms with van der Waals surface area (Å²) in [5.74, 6) is 2.47. The van der Waals surface area contributed by atoms with E-state index >= 15 is 0 Å². The molecule has 1 aromatic rings. The molecule has 1 aliphatic rings. The zero-order valence-corrected chi connectivity index (χ0v) is 14.7. The number of hydrogen-bond donors (Lipinski definition) is 0. The topological polar surface area (TPSA) is 18.5 Å². The van der Waals surface area contributed by atoms with Crippen LogP contribution in [0.1, 0.15) is 44.6 Å². The molecule has 0 bridgehead atoms. The van der Waals surface area contributed by atoms with Gasteiger partial charge in [0.1, 0.15) is 20.7 Å². The van der Waals surface area contributed by atoms with Crippen LogP contribution in [0.4, 0.5) is 0 Å². The summed E-state index contributed by atoms with van der Waals surface area (Å²) in [4.78, 5) is 0. The summed E-state index contributed by atoms with van der Waals surface area (Å²) in [5.41, 5.74) is 1.26. The molecule has 1 aliphatic carbocycles. The first-order valence-corrected chi connectivity index (χ1v) is 9.92. The fourth-order valence-corrected chi connectivity index (χ4v) is 3.13. The number of benzene rings is 1. The standard InChI is InChI=1S/C13H15IO2S.C2H6/c1-15-13-8-3-2-7-12(13)10-5-4-6-11(9-10)16-17-14;1-2/h2-3,7-10H,4-6H2,1H3;1-2H3. The highest BCUT2D eigenvalue weighted by Gasteiger charge is 2.19. The summed E-state index contributed by atoms with van der Waals surface area (Å²) < 4.78 is 10.9. The van der Waals surface area contributed by atoms with Gasteiger partial charge < -0.3 is 8.92 Å². The maximum atomic E-state index is 5.53. The first-order valence-electron chi connectivity index (χ1n) is 6.64. The van der Waals surface area contributed by atoms with Crippen LogP contribution in [0.2, 0.25) is 0 Å². The van der Waals surface area contributed by atoms with Gasteiger partial charge in [0.25, 0.3) is 0 Å². The summed E-state index contributed by atoms with van der Waals surface area (Å²) in [6, 6.07) is 8.23. The Kier molecular flexibility index (Phi) is 8.37. The molecule has 0 heterocycles. The van der Waals surface area contributed by atoms with Gasteiger partial charge in [0, 0.05) is 39.1 Å². The lowest BCUT2D eigenvalue weighted by Gasteiger charge is -2.22. The molecule has 4 heteroatoms. The number of methoxy groups -OCH3 is 1. The molecule has 0 amide bonds. The second kappa shape index (κ2) is 9.53. The summed E-state index contributed by atoms with van der Waals surface area (Å²) in [6.45, 7) is 4.00. The summed E-state index contributed by atoms with van der Waals surface area (Å²) in [7, 11) is 3.11. The fourth-order valence-electron chi connectivity index (χ4n) is 2.22. The minimum absolute atomic E-state index is 0.415. The highest BCUT2D eigenvalue weighted by Crippen LogP contribution is 2.37. The van der Waals surface area contributed by atoms with E-state index in [4.69, 9.17) is 8.92 Å². The lowest BCUT2D eigenvalue weighted by atomic mass is 9.88. The second-order valence-corrected chi connectivity index (χ2v) is 5.39. The molecule has 0 fully saturated rings. The maximum absolute atomic E-state index is 5.53. The molecule has 0 radical (unpaired) electrons. The van der Waals surface area contributed by atoms with Gasteiger partial charge in [-0.2, -0.15) is 0 Å². The van der Waals surface area contributed by atoms with Gasteiger partial charge in [-0.25, -0.2) is 0 Å².